The van der Waals surface area contributed by atoms with Gasteiger partial charge in [-0.3, -0.25) is 4.79 Å². The molecule has 3 aromatic rings. The monoisotopic (exact) mass is 552 g/mol. The number of piperidine rings is 1. The van der Waals surface area contributed by atoms with Crippen molar-refractivity contribution in [2.24, 2.45) is 0 Å². The summed E-state index contributed by atoms with van der Waals surface area (Å²) in [5.74, 6) is 0.879. The van der Waals surface area contributed by atoms with E-state index in [4.69, 9.17) is 13.7 Å². The summed E-state index contributed by atoms with van der Waals surface area (Å²) < 4.78 is 45.0. The zero-order chi connectivity index (χ0) is 28.3. The van der Waals surface area contributed by atoms with Crippen LogP contribution in [0.4, 0.5) is 5.69 Å². The highest BCUT2D eigenvalue weighted by atomic mass is 32.2. The van der Waals surface area contributed by atoms with Crippen LogP contribution in [0.2, 0.25) is 0 Å². The van der Waals surface area contributed by atoms with Gasteiger partial charge in [0.1, 0.15) is 17.2 Å². The minimum Gasteiger partial charge on any atom is -0.497 e. The van der Waals surface area contributed by atoms with Crippen molar-refractivity contribution in [3.8, 4) is 17.2 Å². The van der Waals surface area contributed by atoms with Crippen molar-refractivity contribution in [1.82, 2.24) is 4.72 Å². The van der Waals surface area contributed by atoms with E-state index >= 15 is 0 Å². The molecule has 1 aliphatic rings. The predicted octanol–water partition coefficient (Wildman–Crippen LogP) is 4.98. The van der Waals surface area contributed by atoms with Gasteiger partial charge >= 0.3 is 10.3 Å². The molecule has 0 unspecified atom stereocenters. The van der Waals surface area contributed by atoms with Crippen molar-refractivity contribution in [2.75, 3.05) is 32.2 Å². The SMILES string of the molecule is COc1cccc(C2(C(=O)NS(=O)(=O)Oc3ccccc3C(C)(C)C)CCN(c3ccccc3OC)CC2)c1. The Bertz CT molecular complexity index is 1420. The van der Waals surface area contributed by atoms with Crippen molar-refractivity contribution in [3.63, 3.8) is 0 Å². The van der Waals surface area contributed by atoms with E-state index in [1.807, 2.05) is 63.2 Å². The summed E-state index contributed by atoms with van der Waals surface area (Å²) >= 11 is 0. The van der Waals surface area contributed by atoms with Gasteiger partial charge in [0.15, 0.2) is 0 Å². The first-order valence-electron chi connectivity index (χ1n) is 12.9. The van der Waals surface area contributed by atoms with Crippen molar-refractivity contribution in [2.45, 2.75) is 44.4 Å². The fourth-order valence-electron chi connectivity index (χ4n) is 5.10. The highest BCUT2D eigenvalue weighted by Gasteiger charge is 2.45. The zero-order valence-corrected chi connectivity index (χ0v) is 23.9. The van der Waals surface area contributed by atoms with Crippen LogP contribution in [0, 0.1) is 0 Å². The summed E-state index contributed by atoms with van der Waals surface area (Å²) in [5, 5.41) is 0. The molecule has 1 saturated heterocycles. The van der Waals surface area contributed by atoms with Gasteiger partial charge in [-0.1, -0.05) is 63.2 Å². The lowest BCUT2D eigenvalue weighted by molar-refractivity contribution is -0.125. The van der Waals surface area contributed by atoms with Gasteiger partial charge < -0.3 is 18.6 Å². The second kappa shape index (κ2) is 11.2. The number of nitrogens with one attached hydrogen (secondary N) is 1. The van der Waals surface area contributed by atoms with Crippen molar-refractivity contribution < 1.29 is 26.9 Å². The fraction of sp³-hybridized carbons (Fsp3) is 0.367. The minimum atomic E-state index is -4.47. The van der Waals surface area contributed by atoms with Crippen LogP contribution in [0.3, 0.4) is 0 Å². The first-order valence-corrected chi connectivity index (χ1v) is 14.3. The number of hydrogen-bond donors (Lipinski definition) is 1. The molecule has 39 heavy (non-hydrogen) atoms. The molecular weight excluding hydrogens is 516 g/mol. The van der Waals surface area contributed by atoms with E-state index in [1.54, 1.807) is 44.6 Å². The molecule has 0 aliphatic carbocycles. The lowest BCUT2D eigenvalue weighted by atomic mass is 9.72. The van der Waals surface area contributed by atoms with E-state index < -0.39 is 21.6 Å². The molecule has 0 saturated carbocycles. The molecule has 0 aromatic heterocycles. The number of anilines is 1. The average Bonchev–Trinajstić information content (AvgIpc) is 2.92. The molecule has 208 valence electrons. The Morgan fingerprint density at radius 2 is 1.51 bits per heavy atom. The predicted molar refractivity (Wildman–Crippen MR) is 152 cm³/mol. The molecule has 1 N–H and O–H groups in total. The maximum atomic E-state index is 13.9. The van der Waals surface area contributed by atoms with Crippen molar-refractivity contribution in [1.29, 1.82) is 0 Å². The van der Waals surface area contributed by atoms with Crippen LogP contribution in [0.15, 0.2) is 72.8 Å². The van der Waals surface area contributed by atoms with Crippen LogP contribution in [0.1, 0.15) is 44.7 Å². The number of amides is 1. The molecule has 0 atom stereocenters. The van der Waals surface area contributed by atoms with Crippen LogP contribution >= 0.6 is 0 Å². The Kier molecular flexibility index (Phi) is 8.11. The van der Waals surface area contributed by atoms with E-state index in [-0.39, 0.29) is 11.2 Å². The molecule has 0 radical (unpaired) electrons. The smallest absolute Gasteiger partial charge is 0.409 e. The number of rotatable bonds is 8. The largest absolute Gasteiger partial charge is 0.497 e. The van der Waals surface area contributed by atoms with Crippen LogP contribution in [-0.4, -0.2) is 41.6 Å². The van der Waals surface area contributed by atoms with Gasteiger partial charge in [-0.15, -0.1) is 0 Å². The molecule has 0 bridgehead atoms. The number of carbonyl (C=O) groups excluding carboxylic acids is 1. The fourth-order valence-corrected chi connectivity index (χ4v) is 5.94. The van der Waals surface area contributed by atoms with Gasteiger partial charge in [0.2, 0.25) is 5.91 Å². The summed E-state index contributed by atoms with van der Waals surface area (Å²) in [4.78, 5) is 16.1. The molecule has 1 heterocycles. The van der Waals surface area contributed by atoms with E-state index in [9.17, 15) is 13.2 Å². The van der Waals surface area contributed by atoms with Crippen LogP contribution in [0.25, 0.3) is 0 Å². The van der Waals surface area contributed by atoms with Gasteiger partial charge in [-0.05, 0) is 54.2 Å². The maximum absolute atomic E-state index is 13.9. The number of methoxy groups -OCH3 is 2. The standard InChI is InChI=1S/C30H36N2O6S/c1-29(2,3)24-13-6-8-15-26(24)38-39(34,35)31-28(33)30(22-11-10-12-23(21-22)36-4)17-19-32(20-18-30)25-14-7-9-16-27(25)37-5/h6-16,21H,17-20H2,1-5H3,(H,31,33). The van der Waals surface area contributed by atoms with Gasteiger partial charge in [0.25, 0.3) is 0 Å². The Labute approximate surface area is 231 Å². The van der Waals surface area contributed by atoms with Crippen LogP contribution < -0.4 is 23.3 Å². The Morgan fingerprint density at radius 1 is 0.872 bits per heavy atom. The number of nitrogens with zero attached hydrogens (tertiary/aromatic N) is 1. The highest BCUT2D eigenvalue weighted by Crippen LogP contribution is 2.40. The molecule has 4 rings (SSSR count). The molecule has 8 nitrogen and oxygen atoms in total. The van der Waals surface area contributed by atoms with Crippen LogP contribution in [0.5, 0.6) is 17.2 Å². The third kappa shape index (κ3) is 6.14. The average molecular weight is 553 g/mol. The summed E-state index contributed by atoms with van der Waals surface area (Å²) in [6, 6.07) is 21.9. The number of para-hydroxylation sites is 3. The van der Waals surface area contributed by atoms with E-state index in [0.29, 0.717) is 37.2 Å². The first kappa shape index (κ1) is 28.3. The lowest BCUT2D eigenvalue weighted by Crippen LogP contribution is -2.53. The number of benzene rings is 3. The van der Waals surface area contributed by atoms with E-state index in [2.05, 4.69) is 9.62 Å². The number of hydrogen-bond acceptors (Lipinski definition) is 7. The van der Waals surface area contributed by atoms with Gasteiger partial charge in [0.05, 0.1) is 25.3 Å². The molecule has 1 fully saturated rings. The van der Waals surface area contributed by atoms with Gasteiger partial charge in [0, 0.05) is 18.7 Å². The third-order valence-corrected chi connectivity index (χ3v) is 8.05. The van der Waals surface area contributed by atoms with Gasteiger partial charge in [-0.2, -0.15) is 8.42 Å². The van der Waals surface area contributed by atoms with Gasteiger partial charge in [-0.25, -0.2) is 4.72 Å². The zero-order valence-electron chi connectivity index (χ0n) is 23.1. The minimum absolute atomic E-state index is 0.187. The van der Waals surface area contributed by atoms with E-state index in [1.165, 1.54) is 0 Å². The summed E-state index contributed by atoms with van der Waals surface area (Å²) in [6.45, 7) is 6.92. The second-order valence-corrected chi connectivity index (χ2v) is 12.0. The lowest BCUT2D eigenvalue weighted by Gasteiger charge is -2.42. The van der Waals surface area contributed by atoms with Crippen molar-refractivity contribution >= 4 is 21.9 Å². The summed E-state index contributed by atoms with van der Waals surface area (Å²) in [7, 11) is -1.29. The molecule has 0 spiro atoms. The summed E-state index contributed by atoms with van der Waals surface area (Å²) in [6.07, 6.45) is 0.746. The summed E-state index contributed by atoms with van der Waals surface area (Å²) in [5.41, 5.74) is 0.852. The molecule has 9 heteroatoms. The molecule has 1 amide bonds. The number of ether oxygens (including phenoxy) is 2. The van der Waals surface area contributed by atoms with E-state index in [0.717, 1.165) is 17.0 Å². The van der Waals surface area contributed by atoms with Crippen LogP contribution in [-0.2, 0) is 25.9 Å². The first-order chi connectivity index (χ1) is 18.5. The number of carbonyl (C=O) groups is 1. The Balaban J connectivity index is 1.64. The quantitative estimate of drug-likeness (QED) is 0.421. The highest BCUT2D eigenvalue weighted by molar-refractivity contribution is 7.85. The topological polar surface area (TPSA) is 94.2 Å². The molecule has 1 aliphatic heterocycles. The molecule has 3 aromatic carbocycles. The Hall–Kier alpha value is -3.72. The Morgan fingerprint density at radius 3 is 2.15 bits per heavy atom. The van der Waals surface area contributed by atoms with Crippen molar-refractivity contribution in [3.05, 3.63) is 83.9 Å². The molecular formula is C30H36N2O6S. The normalized spacial score (nSPS) is 15.4. The third-order valence-electron chi connectivity index (χ3n) is 7.21. The second-order valence-electron chi connectivity index (χ2n) is 10.7. The maximum Gasteiger partial charge on any atom is 0.409 e.